The molecule has 0 fully saturated rings. The van der Waals surface area contributed by atoms with Crippen LogP contribution in [-0.2, 0) is 12.8 Å². The molecule has 7 heteroatoms. The summed E-state index contributed by atoms with van der Waals surface area (Å²) in [5.41, 5.74) is 3.06. The van der Waals surface area contributed by atoms with Crippen LogP contribution < -0.4 is 4.74 Å². The predicted molar refractivity (Wildman–Crippen MR) is 97.9 cm³/mol. The lowest BCUT2D eigenvalue weighted by Gasteiger charge is -2.07. The van der Waals surface area contributed by atoms with Crippen LogP contribution in [0.3, 0.4) is 0 Å². The number of hydrogen-bond donors (Lipinski definition) is 0. The summed E-state index contributed by atoms with van der Waals surface area (Å²) in [6, 6.07) is 14.5. The molecule has 6 nitrogen and oxygen atoms in total. The highest BCUT2D eigenvalue weighted by Crippen LogP contribution is 2.28. The molecule has 0 aliphatic carbocycles. The van der Waals surface area contributed by atoms with E-state index in [0.29, 0.717) is 5.75 Å². The smallest absolute Gasteiger partial charge is 0.269 e. The molecule has 0 spiro atoms. The minimum atomic E-state index is -0.378. The number of hydrogen-bond acceptors (Lipinski definition) is 5. The molecule has 0 atom stereocenters. The van der Waals surface area contributed by atoms with Crippen molar-refractivity contribution < 1.29 is 9.66 Å². The van der Waals surface area contributed by atoms with Crippen LogP contribution in [0.4, 0.5) is 5.69 Å². The molecule has 0 aliphatic rings. The van der Waals surface area contributed by atoms with Crippen molar-refractivity contribution in [2.24, 2.45) is 7.05 Å². The van der Waals surface area contributed by atoms with E-state index in [2.05, 4.69) is 4.98 Å². The van der Waals surface area contributed by atoms with Crippen molar-refractivity contribution in [2.75, 3.05) is 7.11 Å². The third kappa shape index (κ3) is 3.83. The molecule has 1 aromatic heterocycles. The minimum absolute atomic E-state index is 0.108. The zero-order valence-corrected chi connectivity index (χ0v) is 14.7. The largest absolute Gasteiger partial charge is 0.497 e. The van der Waals surface area contributed by atoms with Gasteiger partial charge in [0.15, 0.2) is 5.16 Å². The number of nitro benzene ring substituents is 1. The van der Waals surface area contributed by atoms with Crippen LogP contribution in [0.15, 0.2) is 59.9 Å². The Hall–Kier alpha value is -2.80. The van der Waals surface area contributed by atoms with Gasteiger partial charge in [-0.1, -0.05) is 23.9 Å². The first-order chi connectivity index (χ1) is 12.1. The number of methoxy groups -OCH3 is 1. The Bertz CT molecular complexity index is 891. The zero-order valence-electron chi connectivity index (χ0n) is 13.9. The molecule has 0 saturated heterocycles. The molecule has 0 unspecified atom stereocenters. The maximum absolute atomic E-state index is 10.9. The van der Waals surface area contributed by atoms with Gasteiger partial charge in [0, 0.05) is 30.5 Å². The monoisotopic (exact) mass is 355 g/mol. The Labute approximate surface area is 149 Å². The predicted octanol–water partition coefficient (Wildman–Crippen LogP) is 4.30. The molecule has 3 rings (SSSR count). The van der Waals surface area contributed by atoms with Crippen molar-refractivity contribution >= 4 is 17.4 Å². The van der Waals surface area contributed by atoms with Gasteiger partial charge >= 0.3 is 0 Å². The first-order valence-corrected chi connectivity index (χ1v) is 8.59. The average Bonchev–Trinajstić information content (AvgIpc) is 3.01. The van der Waals surface area contributed by atoms with E-state index in [-0.39, 0.29) is 10.6 Å². The number of nitrogens with zero attached hydrogens (tertiary/aromatic N) is 3. The molecule has 25 heavy (non-hydrogen) atoms. The van der Waals surface area contributed by atoms with Crippen LogP contribution in [0.2, 0.25) is 0 Å². The van der Waals surface area contributed by atoms with Crippen LogP contribution in [0.5, 0.6) is 5.75 Å². The Kier molecular flexibility index (Phi) is 5.04. The van der Waals surface area contributed by atoms with Gasteiger partial charge in [-0.25, -0.2) is 4.98 Å². The highest BCUT2D eigenvalue weighted by atomic mass is 32.2. The highest BCUT2D eigenvalue weighted by Gasteiger charge is 2.11. The Morgan fingerprint density at radius 1 is 1.24 bits per heavy atom. The number of imidazole rings is 1. The summed E-state index contributed by atoms with van der Waals surface area (Å²) in [5, 5.41) is 11.7. The minimum Gasteiger partial charge on any atom is -0.497 e. The second kappa shape index (κ2) is 7.40. The number of nitro groups is 1. The third-order valence-electron chi connectivity index (χ3n) is 3.82. The number of rotatable bonds is 6. The van der Waals surface area contributed by atoms with Gasteiger partial charge in [-0.05, 0) is 29.8 Å². The van der Waals surface area contributed by atoms with Gasteiger partial charge in [0.05, 0.1) is 23.9 Å². The van der Waals surface area contributed by atoms with Gasteiger partial charge in [0.25, 0.3) is 5.69 Å². The van der Waals surface area contributed by atoms with Gasteiger partial charge in [-0.3, -0.25) is 10.1 Å². The summed E-state index contributed by atoms with van der Waals surface area (Å²) in [6.45, 7) is 0. The summed E-state index contributed by atoms with van der Waals surface area (Å²) < 4.78 is 7.20. The lowest BCUT2D eigenvalue weighted by molar-refractivity contribution is -0.384. The van der Waals surface area contributed by atoms with Crippen LogP contribution in [-0.4, -0.2) is 21.6 Å². The van der Waals surface area contributed by atoms with Gasteiger partial charge in [0.1, 0.15) is 5.75 Å². The topological polar surface area (TPSA) is 70.2 Å². The number of thioether (sulfide) groups is 1. The van der Waals surface area contributed by atoms with Crippen molar-refractivity contribution in [1.82, 2.24) is 9.55 Å². The van der Waals surface area contributed by atoms with E-state index in [0.717, 1.165) is 27.7 Å². The van der Waals surface area contributed by atoms with Gasteiger partial charge < -0.3 is 9.30 Å². The van der Waals surface area contributed by atoms with Gasteiger partial charge in [-0.2, -0.15) is 0 Å². The first kappa shape index (κ1) is 17.0. The number of non-ortho nitro benzene ring substituents is 1. The maximum atomic E-state index is 10.9. The SMILES string of the molecule is COc1ccc(-c2cnc(SCc3cccc([N+](=O)[O-])c3)n2C)cc1. The fourth-order valence-electron chi connectivity index (χ4n) is 2.46. The van der Waals surface area contributed by atoms with E-state index in [1.54, 1.807) is 31.0 Å². The quantitative estimate of drug-likeness (QED) is 0.375. The number of aromatic nitrogens is 2. The van der Waals surface area contributed by atoms with Crippen molar-refractivity contribution in [1.29, 1.82) is 0 Å². The lowest BCUT2D eigenvalue weighted by Crippen LogP contribution is -1.95. The van der Waals surface area contributed by atoms with Gasteiger partial charge in [0.2, 0.25) is 0 Å². The van der Waals surface area contributed by atoms with Gasteiger partial charge in [-0.15, -0.1) is 0 Å². The van der Waals surface area contributed by atoms with Crippen molar-refractivity contribution in [3.05, 3.63) is 70.4 Å². The van der Waals surface area contributed by atoms with Crippen LogP contribution >= 0.6 is 11.8 Å². The molecular weight excluding hydrogens is 338 g/mol. The fourth-order valence-corrected chi connectivity index (χ4v) is 3.36. The number of ether oxygens (including phenoxy) is 1. The molecule has 3 aromatic rings. The molecule has 0 bridgehead atoms. The van der Waals surface area contributed by atoms with E-state index < -0.39 is 0 Å². The van der Waals surface area contributed by atoms with E-state index in [1.165, 1.54) is 6.07 Å². The zero-order chi connectivity index (χ0) is 17.8. The molecule has 128 valence electrons. The normalized spacial score (nSPS) is 10.6. The summed E-state index contributed by atoms with van der Waals surface area (Å²) in [7, 11) is 3.60. The molecule has 0 N–H and O–H groups in total. The molecule has 0 amide bonds. The van der Waals surface area contributed by atoms with Crippen LogP contribution in [0.25, 0.3) is 11.3 Å². The molecule has 0 aliphatic heterocycles. The average molecular weight is 355 g/mol. The van der Waals surface area contributed by atoms with Crippen LogP contribution in [0, 0.1) is 10.1 Å². The first-order valence-electron chi connectivity index (χ1n) is 7.61. The van der Waals surface area contributed by atoms with Crippen molar-refractivity contribution in [2.45, 2.75) is 10.9 Å². The molecular formula is C18H17N3O3S. The summed E-state index contributed by atoms with van der Waals surface area (Å²) in [4.78, 5) is 15.0. The fraction of sp³-hybridized carbons (Fsp3) is 0.167. The van der Waals surface area contributed by atoms with E-state index in [9.17, 15) is 10.1 Å². The summed E-state index contributed by atoms with van der Waals surface area (Å²) in [5.74, 6) is 1.43. The maximum Gasteiger partial charge on any atom is 0.269 e. The lowest BCUT2D eigenvalue weighted by atomic mass is 10.1. The second-order valence-corrected chi connectivity index (χ2v) is 6.37. The number of benzene rings is 2. The molecule has 2 aromatic carbocycles. The van der Waals surface area contributed by atoms with Crippen molar-refractivity contribution in [3.8, 4) is 17.0 Å². The molecule has 1 heterocycles. The Morgan fingerprint density at radius 3 is 2.68 bits per heavy atom. The summed E-state index contributed by atoms with van der Waals surface area (Å²) in [6.07, 6.45) is 1.83. The Morgan fingerprint density at radius 2 is 2.00 bits per heavy atom. The third-order valence-corrected chi connectivity index (χ3v) is 4.94. The Balaban J connectivity index is 1.75. The standard InChI is InChI=1S/C18H17N3O3S/c1-20-17(14-6-8-16(24-2)9-7-14)11-19-18(20)25-12-13-4-3-5-15(10-13)21(22)23/h3-11H,12H2,1-2H3. The van der Waals surface area contributed by atoms with Crippen molar-refractivity contribution in [3.63, 3.8) is 0 Å². The van der Waals surface area contributed by atoms with E-state index in [4.69, 9.17) is 4.74 Å². The van der Waals surface area contributed by atoms with E-state index >= 15 is 0 Å². The highest BCUT2D eigenvalue weighted by molar-refractivity contribution is 7.98. The second-order valence-electron chi connectivity index (χ2n) is 5.43. The molecule has 0 radical (unpaired) electrons. The van der Waals surface area contributed by atoms with E-state index in [1.807, 2.05) is 48.1 Å². The molecule has 0 saturated carbocycles. The van der Waals surface area contributed by atoms with Crippen LogP contribution in [0.1, 0.15) is 5.56 Å². The summed E-state index contributed by atoms with van der Waals surface area (Å²) >= 11 is 1.55.